The molecule has 0 aliphatic carbocycles. The molecule has 1 aromatic heterocycles. The summed E-state index contributed by atoms with van der Waals surface area (Å²) in [7, 11) is -3.88. The van der Waals surface area contributed by atoms with Crippen molar-refractivity contribution in [3.05, 3.63) is 94.0 Å². The Balaban J connectivity index is 1.62. The number of sulfone groups is 1. The van der Waals surface area contributed by atoms with Gasteiger partial charge < -0.3 is 9.72 Å². The van der Waals surface area contributed by atoms with Crippen molar-refractivity contribution in [3.8, 4) is 11.3 Å². The van der Waals surface area contributed by atoms with E-state index in [1.807, 2.05) is 42.5 Å². The van der Waals surface area contributed by atoms with E-state index >= 15 is 0 Å². The Bertz CT molecular complexity index is 1540. The summed E-state index contributed by atoms with van der Waals surface area (Å²) in [5.74, 6) is -1.45. The van der Waals surface area contributed by atoms with Crippen LogP contribution < -0.4 is 0 Å². The van der Waals surface area contributed by atoms with Crippen LogP contribution in [0.4, 0.5) is 5.69 Å². The molecule has 0 atom stereocenters. The van der Waals surface area contributed by atoms with Crippen molar-refractivity contribution < 1.29 is 27.7 Å². The van der Waals surface area contributed by atoms with Crippen molar-refractivity contribution in [2.75, 3.05) is 12.9 Å². The molecular weight excluding hydrogens is 460 g/mol. The van der Waals surface area contributed by atoms with Gasteiger partial charge in [0.2, 0.25) is 5.78 Å². The molecule has 1 N–H and O–H groups in total. The van der Waals surface area contributed by atoms with Crippen molar-refractivity contribution >= 4 is 38.2 Å². The van der Waals surface area contributed by atoms with Gasteiger partial charge in [0.25, 0.3) is 5.69 Å². The first-order chi connectivity index (χ1) is 16.2. The maximum absolute atomic E-state index is 13.1. The topological polar surface area (TPSA) is 136 Å². The van der Waals surface area contributed by atoms with Crippen LogP contribution in [-0.4, -0.2) is 42.9 Å². The molecule has 1 heterocycles. The van der Waals surface area contributed by atoms with Crippen LogP contribution in [0.25, 0.3) is 22.2 Å². The minimum Gasteiger partial charge on any atom is -0.454 e. The molecular formula is C24H18N2O7S. The van der Waals surface area contributed by atoms with Crippen LogP contribution in [0, 0.1) is 10.1 Å². The summed E-state index contributed by atoms with van der Waals surface area (Å²) in [6.45, 7) is -0.609. The number of nitro groups is 1. The molecule has 0 spiro atoms. The molecule has 4 aromatic rings. The van der Waals surface area contributed by atoms with Crippen LogP contribution >= 0.6 is 0 Å². The second kappa shape index (κ2) is 8.91. The summed E-state index contributed by atoms with van der Waals surface area (Å²) in [6, 6.07) is 19.3. The Kier molecular flexibility index (Phi) is 5.99. The third kappa shape index (κ3) is 4.44. The van der Waals surface area contributed by atoms with E-state index in [0.717, 1.165) is 35.5 Å². The van der Waals surface area contributed by atoms with Gasteiger partial charge in [-0.1, -0.05) is 48.5 Å². The lowest BCUT2D eigenvalue weighted by molar-refractivity contribution is -0.387. The number of nitrogens with zero attached hydrogens (tertiary/aromatic N) is 1. The van der Waals surface area contributed by atoms with Crippen LogP contribution in [-0.2, 0) is 14.6 Å². The molecule has 0 radical (unpaired) electrons. The number of H-pyrrole nitrogens is 1. The maximum atomic E-state index is 13.1. The number of carbonyl (C=O) groups excluding carboxylic acids is 2. The predicted octanol–water partition coefficient (Wildman–Crippen LogP) is 4.19. The summed E-state index contributed by atoms with van der Waals surface area (Å²) < 4.78 is 28.7. The van der Waals surface area contributed by atoms with Gasteiger partial charge in [0, 0.05) is 23.2 Å². The van der Waals surface area contributed by atoms with Gasteiger partial charge in [0.05, 0.1) is 21.7 Å². The average molecular weight is 478 g/mol. The Morgan fingerprint density at radius 3 is 2.35 bits per heavy atom. The van der Waals surface area contributed by atoms with Gasteiger partial charge in [-0.2, -0.15) is 0 Å². The normalized spacial score (nSPS) is 11.3. The molecule has 0 amide bonds. The molecule has 0 aliphatic heterocycles. The number of carbonyl (C=O) groups is 2. The first-order valence-electron chi connectivity index (χ1n) is 10.0. The Labute approximate surface area is 194 Å². The number of aromatic nitrogens is 1. The smallest absolute Gasteiger partial charge is 0.338 e. The summed E-state index contributed by atoms with van der Waals surface area (Å²) >= 11 is 0. The molecule has 0 unspecified atom stereocenters. The van der Waals surface area contributed by atoms with E-state index in [2.05, 4.69) is 4.98 Å². The summed E-state index contributed by atoms with van der Waals surface area (Å²) in [4.78, 5) is 38.8. The van der Waals surface area contributed by atoms with Gasteiger partial charge in [-0.15, -0.1) is 0 Å². The number of nitro benzene ring substituents is 1. The Morgan fingerprint density at radius 2 is 1.68 bits per heavy atom. The van der Waals surface area contributed by atoms with Crippen molar-refractivity contribution in [1.29, 1.82) is 0 Å². The molecule has 172 valence electrons. The Morgan fingerprint density at radius 1 is 1.00 bits per heavy atom. The number of nitrogens with one attached hydrogen (secondary N) is 1. The van der Waals surface area contributed by atoms with Crippen molar-refractivity contribution in [3.63, 3.8) is 0 Å². The second-order valence-corrected chi connectivity index (χ2v) is 9.48. The van der Waals surface area contributed by atoms with E-state index in [-0.39, 0.29) is 5.56 Å². The highest BCUT2D eigenvalue weighted by molar-refractivity contribution is 7.90. The maximum Gasteiger partial charge on any atom is 0.338 e. The van der Waals surface area contributed by atoms with Gasteiger partial charge in [0.15, 0.2) is 16.4 Å². The fourth-order valence-corrected chi connectivity index (χ4v) is 4.47. The highest BCUT2D eigenvalue weighted by Crippen LogP contribution is 2.31. The lowest BCUT2D eigenvalue weighted by atomic mass is 10.0. The van der Waals surface area contributed by atoms with Crippen molar-refractivity contribution in [2.24, 2.45) is 0 Å². The van der Waals surface area contributed by atoms with Gasteiger partial charge in [-0.25, -0.2) is 13.2 Å². The molecule has 0 saturated carbocycles. The van der Waals surface area contributed by atoms with E-state index < -0.39 is 43.7 Å². The standard InChI is InChI=1S/C24H18N2O7S/c1-34(31,32)21-12-11-16(13-19(21)26(29)30)24(28)33-14-20(27)22-17-9-5-6-10-18(17)25-23(22)15-7-3-2-4-8-15/h2-13,25H,14H2,1H3. The van der Waals surface area contributed by atoms with E-state index in [1.165, 1.54) is 0 Å². The van der Waals surface area contributed by atoms with Crippen LogP contribution in [0.5, 0.6) is 0 Å². The largest absolute Gasteiger partial charge is 0.454 e. The zero-order valence-electron chi connectivity index (χ0n) is 17.8. The number of ketones is 1. The monoisotopic (exact) mass is 478 g/mol. The fraction of sp³-hybridized carbons (Fsp3) is 0.0833. The zero-order chi connectivity index (χ0) is 24.5. The molecule has 0 fully saturated rings. The molecule has 0 bridgehead atoms. The summed E-state index contributed by atoms with van der Waals surface area (Å²) in [5.41, 5.74) is 1.47. The number of hydrogen-bond acceptors (Lipinski definition) is 7. The molecule has 9 nitrogen and oxygen atoms in total. The molecule has 0 saturated heterocycles. The number of para-hydroxylation sites is 1. The van der Waals surface area contributed by atoms with E-state index in [0.29, 0.717) is 16.6 Å². The number of Topliss-reactive ketones (excluding diaryl/α,β-unsaturated/α-hetero) is 1. The van der Waals surface area contributed by atoms with Crippen molar-refractivity contribution in [1.82, 2.24) is 4.98 Å². The van der Waals surface area contributed by atoms with Gasteiger partial charge in [-0.05, 0) is 23.8 Å². The van der Waals surface area contributed by atoms with E-state index in [9.17, 15) is 28.1 Å². The number of hydrogen-bond donors (Lipinski definition) is 1. The minimum atomic E-state index is -3.88. The van der Waals surface area contributed by atoms with Crippen LogP contribution in [0.15, 0.2) is 77.7 Å². The first-order valence-corrected chi connectivity index (χ1v) is 11.9. The predicted molar refractivity (Wildman–Crippen MR) is 125 cm³/mol. The van der Waals surface area contributed by atoms with Crippen LogP contribution in [0.3, 0.4) is 0 Å². The van der Waals surface area contributed by atoms with Crippen molar-refractivity contribution in [2.45, 2.75) is 4.90 Å². The quantitative estimate of drug-likeness (QED) is 0.182. The number of aromatic amines is 1. The molecule has 34 heavy (non-hydrogen) atoms. The third-order valence-electron chi connectivity index (χ3n) is 5.17. The van der Waals surface area contributed by atoms with Crippen LogP contribution in [0.2, 0.25) is 0 Å². The van der Waals surface area contributed by atoms with Gasteiger partial charge in [0.1, 0.15) is 4.90 Å². The fourth-order valence-electron chi connectivity index (χ4n) is 3.64. The van der Waals surface area contributed by atoms with E-state index in [1.54, 1.807) is 12.1 Å². The number of benzene rings is 3. The Hall–Kier alpha value is -4.31. The second-order valence-electron chi connectivity index (χ2n) is 7.50. The van der Waals surface area contributed by atoms with Crippen LogP contribution in [0.1, 0.15) is 20.7 Å². The average Bonchev–Trinajstić information content (AvgIpc) is 3.21. The summed E-state index contributed by atoms with van der Waals surface area (Å²) in [6.07, 6.45) is 0.831. The molecule has 3 aromatic carbocycles. The number of ether oxygens (including phenoxy) is 1. The lowest BCUT2D eigenvalue weighted by Gasteiger charge is -2.07. The number of esters is 1. The highest BCUT2D eigenvalue weighted by atomic mass is 32.2. The highest BCUT2D eigenvalue weighted by Gasteiger charge is 2.25. The molecule has 0 aliphatic rings. The SMILES string of the molecule is CS(=O)(=O)c1ccc(C(=O)OCC(=O)c2c(-c3ccccc3)[nH]c3ccccc23)cc1[N+](=O)[O-]. The van der Waals surface area contributed by atoms with E-state index in [4.69, 9.17) is 4.74 Å². The van der Waals surface area contributed by atoms with Gasteiger partial charge >= 0.3 is 5.97 Å². The molecule has 4 rings (SSSR count). The first kappa shape index (κ1) is 22.9. The zero-order valence-corrected chi connectivity index (χ0v) is 18.7. The number of rotatable bonds is 7. The summed E-state index contributed by atoms with van der Waals surface area (Å²) in [5, 5.41) is 12.0. The molecule has 10 heteroatoms. The minimum absolute atomic E-state index is 0.242. The number of fused-ring (bicyclic) bond motifs is 1. The third-order valence-corrected chi connectivity index (χ3v) is 6.32. The van der Waals surface area contributed by atoms with Gasteiger partial charge in [-0.3, -0.25) is 14.9 Å². The lowest BCUT2D eigenvalue weighted by Crippen LogP contribution is -2.15.